The lowest BCUT2D eigenvalue weighted by atomic mass is 10.3. The molecule has 0 radical (unpaired) electrons. The Morgan fingerprint density at radius 3 is 2.92 bits per heavy atom. The van der Waals surface area contributed by atoms with Crippen LogP contribution in [0.15, 0.2) is 47.8 Å². The Morgan fingerprint density at radius 2 is 2.12 bits per heavy atom. The maximum absolute atomic E-state index is 12.0. The van der Waals surface area contributed by atoms with Crippen molar-refractivity contribution in [1.82, 2.24) is 15.3 Å². The van der Waals surface area contributed by atoms with Crippen LogP contribution in [0.25, 0.3) is 10.2 Å². The molecule has 7 heteroatoms. The first-order valence-electron chi connectivity index (χ1n) is 8.07. The molecule has 0 spiro atoms. The molecule has 0 aliphatic heterocycles. The highest BCUT2D eigenvalue weighted by Gasteiger charge is 2.10. The molecular weight excluding hydrogens is 354 g/mol. The van der Waals surface area contributed by atoms with E-state index >= 15 is 0 Å². The van der Waals surface area contributed by atoms with Gasteiger partial charge in [-0.2, -0.15) is 0 Å². The summed E-state index contributed by atoms with van der Waals surface area (Å²) in [5.41, 5.74) is 0. The van der Waals surface area contributed by atoms with Crippen molar-refractivity contribution in [2.45, 2.75) is 18.4 Å². The van der Waals surface area contributed by atoms with E-state index in [1.54, 1.807) is 17.7 Å². The van der Waals surface area contributed by atoms with Gasteiger partial charge in [0, 0.05) is 10.3 Å². The summed E-state index contributed by atoms with van der Waals surface area (Å²) in [5.74, 6) is 1.10. The van der Waals surface area contributed by atoms with E-state index in [9.17, 15) is 4.79 Å². The zero-order valence-corrected chi connectivity index (χ0v) is 15.5. The van der Waals surface area contributed by atoms with Crippen molar-refractivity contribution in [1.29, 1.82) is 0 Å². The molecule has 1 aromatic carbocycles. The molecule has 0 aliphatic rings. The fourth-order valence-electron chi connectivity index (χ4n) is 2.23. The van der Waals surface area contributed by atoms with Crippen LogP contribution in [0, 0.1) is 0 Å². The van der Waals surface area contributed by atoms with Crippen LogP contribution in [-0.2, 0) is 11.2 Å². The van der Waals surface area contributed by atoms with E-state index in [2.05, 4.69) is 28.3 Å². The van der Waals surface area contributed by atoms with Crippen LogP contribution in [-0.4, -0.2) is 34.8 Å². The molecule has 1 N–H and O–H groups in total. The maximum atomic E-state index is 12.0. The molecule has 0 fully saturated rings. The van der Waals surface area contributed by atoms with Gasteiger partial charge < -0.3 is 10.1 Å². The highest BCUT2D eigenvalue weighted by Crippen LogP contribution is 2.30. The number of thioether (sulfide) groups is 1. The van der Waals surface area contributed by atoms with Gasteiger partial charge in [-0.1, -0.05) is 36.9 Å². The molecule has 0 saturated carbocycles. The van der Waals surface area contributed by atoms with Crippen LogP contribution >= 0.6 is 23.1 Å². The molecule has 2 aromatic heterocycles. The average Bonchev–Trinajstić information content (AvgIpc) is 3.08. The van der Waals surface area contributed by atoms with Crippen LogP contribution in [0.3, 0.4) is 0 Å². The minimum absolute atomic E-state index is 0.0284. The Balaban J connectivity index is 1.45. The normalized spacial score (nSPS) is 10.8. The summed E-state index contributed by atoms with van der Waals surface area (Å²) in [6, 6.07) is 11.7. The molecule has 0 bridgehead atoms. The molecule has 0 aliphatic carbocycles. The van der Waals surface area contributed by atoms with E-state index in [1.807, 2.05) is 30.3 Å². The summed E-state index contributed by atoms with van der Waals surface area (Å²) < 4.78 is 5.55. The van der Waals surface area contributed by atoms with Gasteiger partial charge in [0.15, 0.2) is 0 Å². The predicted octanol–water partition coefficient (Wildman–Crippen LogP) is 3.54. The van der Waals surface area contributed by atoms with Crippen molar-refractivity contribution in [3.63, 3.8) is 0 Å². The van der Waals surface area contributed by atoms with Gasteiger partial charge >= 0.3 is 0 Å². The molecule has 0 unspecified atom stereocenters. The lowest BCUT2D eigenvalue weighted by Gasteiger charge is -2.07. The number of rotatable bonds is 8. The first-order valence-corrected chi connectivity index (χ1v) is 9.87. The highest BCUT2D eigenvalue weighted by atomic mass is 32.2. The predicted molar refractivity (Wildman–Crippen MR) is 102 cm³/mol. The Labute approximate surface area is 154 Å². The average molecular weight is 374 g/mol. The Bertz CT molecular complexity index is 837. The molecule has 0 saturated heterocycles. The van der Waals surface area contributed by atoms with Crippen LogP contribution in [0.4, 0.5) is 0 Å². The third-order valence-corrected chi connectivity index (χ3v) is 5.66. The van der Waals surface area contributed by atoms with E-state index in [4.69, 9.17) is 4.74 Å². The van der Waals surface area contributed by atoms with Gasteiger partial charge in [0.25, 0.3) is 0 Å². The smallest absolute Gasteiger partial charge is 0.230 e. The van der Waals surface area contributed by atoms with Gasteiger partial charge in [-0.15, -0.1) is 11.3 Å². The van der Waals surface area contributed by atoms with E-state index in [0.29, 0.717) is 18.9 Å². The standard InChI is InChI=1S/C18H19N3O2S2/c1-2-14-10-15-17(20-12-21-18(15)25-14)24-11-16(22)19-8-9-23-13-6-4-3-5-7-13/h3-7,10,12H,2,8-9,11H2,1H3,(H,19,22). The Hall–Kier alpha value is -2.12. The largest absolute Gasteiger partial charge is 0.492 e. The zero-order valence-electron chi connectivity index (χ0n) is 13.9. The minimum atomic E-state index is -0.0284. The number of carbonyl (C=O) groups excluding carboxylic acids is 1. The lowest BCUT2D eigenvalue weighted by molar-refractivity contribution is -0.118. The number of amides is 1. The van der Waals surface area contributed by atoms with Crippen LogP contribution < -0.4 is 10.1 Å². The third-order valence-electron chi connectivity index (χ3n) is 3.47. The van der Waals surface area contributed by atoms with E-state index in [-0.39, 0.29) is 5.91 Å². The number of thiophene rings is 1. The number of ether oxygens (including phenoxy) is 1. The molecule has 3 aromatic rings. The van der Waals surface area contributed by atoms with E-state index in [0.717, 1.165) is 27.4 Å². The first kappa shape index (κ1) is 17.7. The highest BCUT2D eigenvalue weighted by molar-refractivity contribution is 8.00. The number of hydrogen-bond acceptors (Lipinski definition) is 6. The zero-order chi connectivity index (χ0) is 17.5. The fraction of sp³-hybridized carbons (Fsp3) is 0.278. The van der Waals surface area contributed by atoms with Crippen molar-refractivity contribution in [2.24, 2.45) is 0 Å². The molecule has 0 atom stereocenters. The lowest BCUT2D eigenvalue weighted by Crippen LogP contribution is -2.29. The molecular formula is C18H19N3O2S2. The van der Waals surface area contributed by atoms with Crippen molar-refractivity contribution in [2.75, 3.05) is 18.9 Å². The number of para-hydroxylation sites is 1. The molecule has 3 rings (SSSR count). The second-order valence-corrected chi connectivity index (χ2v) is 7.34. The molecule has 5 nitrogen and oxygen atoms in total. The van der Waals surface area contributed by atoms with Gasteiger partial charge in [0.2, 0.25) is 5.91 Å². The minimum Gasteiger partial charge on any atom is -0.492 e. The third kappa shape index (κ3) is 4.93. The van der Waals surface area contributed by atoms with E-state index < -0.39 is 0 Å². The monoisotopic (exact) mass is 373 g/mol. The number of benzene rings is 1. The molecule has 130 valence electrons. The summed E-state index contributed by atoms with van der Waals surface area (Å²) in [7, 11) is 0. The quantitative estimate of drug-likeness (QED) is 0.372. The van der Waals surface area contributed by atoms with Crippen LogP contribution in [0.1, 0.15) is 11.8 Å². The van der Waals surface area contributed by atoms with Crippen molar-refractivity contribution in [3.05, 3.63) is 47.6 Å². The summed E-state index contributed by atoms with van der Waals surface area (Å²) in [6.07, 6.45) is 2.54. The summed E-state index contributed by atoms with van der Waals surface area (Å²) in [6.45, 7) is 3.05. The van der Waals surface area contributed by atoms with E-state index in [1.165, 1.54) is 16.6 Å². The maximum Gasteiger partial charge on any atom is 0.230 e. The van der Waals surface area contributed by atoms with Crippen LogP contribution in [0.5, 0.6) is 5.75 Å². The number of nitrogens with one attached hydrogen (secondary N) is 1. The number of aryl methyl sites for hydroxylation is 1. The number of nitrogens with zero attached hydrogens (tertiary/aromatic N) is 2. The molecule has 25 heavy (non-hydrogen) atoms. The van der Waals surface area contributed by atoms with Crippen molar-refractivity contribution >= 4 is 39.2 Å². The van der Waals surface area contributed by atoms with Gasteiger partial charge in [0.05, 0.1) is 12.3 Å². The van der Waals surface area contributed by atoms with Crippen molar-refractivity contribution < 1.29 is 9.53 Å². The number of hydrogen-bond donors (Lipinski definition) is 1. The summed E-state index contributed by atoms with van der Waals surface area (Å²) >= 11 is 3.12. The second kappa shape index (κ2) is 8.82. The van der Waals surface area contributed by atoms with Gasteiger partial charge in [0.1, 0.15) is 28.5 Å². The van der Waals surface area contributed by atoms with Gasteiger partial charge in [-0.05, 0) is 24.6 Å². The summed E-state index contributed by atoms with van der Waals surface area (Å²) in [5, 5.41) is 4.76. The number of fused-ring (bicyclic) bond motifs is 1. The molecule has 2 heterocycles. The first-order chi connectivity index (χ1) is 12.3. The topological polar surface area (TPSA) is 64.1 Å². The fourth-order valence-corrected chi connectivity index (χ4v) is 4.04. The molecule has 1 amide bonds. The second-order valence-electron chi connectivity index (χ2n) is 5.26. The summed E-state index contributed by atoms with van der Waals surface area (Å²) in [4.78, 5) is 22.9. The SMILES string of the molecule is CCc1cc2c(SCC(=O)NCCOc3ccccc3)ncnc2s1. The Morgan fingerprint density at radius 1 is 1.28 bits per heavy atom. The Kier molecular flexibility index (Phi) is 6.25. The van der Waals surface area contributed by atoms with Crippen LogP contribution in [0.2, 0.25) is 0 Å². The van der Waals surface area contributed by atoms with Gasteiger partial charge in [-0.25, -0.2) is 9.97 Å². The number of aromatic nitrogens is 2. The van der Waals surface area contributed by atoms with Crippen molar-refractivity contribution in [3.8, 4) is 5.75 Å². The number of carbonyl (C=O) groups is 1. The van der Waals surface area contributed by atoms with Gasteiger partial charge in [-0.3, -0.25) is 4.79 Å².